The van der Waals surface area contributed by atoms with E-state index in [9.17, 15) is 13.2 Å². The largest absolute Gasteiger partial charge is 0.495 e. The van der Waals surface area contributed by atoms with Crippen LogP contribution in [0.1, 0.15) is 5.56 Å². The van der Waals surface area contributed by atoms with Crippen molar-refractivity contribution < 1.29 is 22.7 Å². The molecule has 1 N–H and O–H groups in total. The number of amides is 1. The van der Waals surface area contributed by atoms with Gasteiger partial charge in [-0.2, -0.15) is 0 Å². The first-order valence-electron chi connectivity index (χ1n) is 10.3. The quantitative estimate of drug-likeness (QED) is 0.390. The van der Waals surface area contributed by atoms with Crippen molar-refractivity contribution in [3.8, 4) is 11.5 Å². The molecule has 180 valence electrons. The summed E-state index contributed by atoms with van der Waals surface area (Å²) < 4.78 is 38.6. The van der Waals surface area contributed by atoms with E-state index in [1.807, 2.05) is 6.92 Å². The number of benzene rings is 3. The summed E-state index contributed by atoms with van der Waals surface area (Å²) in [6, 6.07) is 17.9. The molecular formula is C24H24Cl2N2O5S. The number of nitrogens with one attached hydrogen (secondary N) is 1. The molecule has 34 heavy (non-hydrogen) atoms. The molecule has 0 fully saturated rings. The molecule has 3 aromatic rings. The van der Waals surface area contributed by atoms with Gasteiger partial charge in [-0.1, -0.05) is 53.0 Å². The number of rotatable bonds is 10. The van der Waals surface area contributed by atoms with E-state index in [1.54, 1.807) is 42.5 Å². The third kappa shape index (κ3) is 6.34. The van der Waals surface area contributed by atoms with Crippen LogP contribution in [0, 0.1) is 6.92 Å². The fourth-order valence-corrected chi connectivity index (χ4v) is 4.92. The standard InChI is InChI=1S/C24H24Cl2N2O5S/c1-17-7-10-19(11-8-17)34(30,31)28(18-9-12-22(32-2)21(26)15-18)16-24(29)27-13-14-33-23-6-4-3-5-20(23)25/h3-12,15H,13-14,16H2,1-2H3,(H,27,29). The van der Waals surface area contributed by atoms with E-state index in [0.717, 1.165) is 9.87 Å². The molecule has 0 saturated carbocycles. The van der Waals surface area contributed by atoms with Crippen molar-refractivity contribution >= 4 is 44.8 Å². The van der Waals surface area contributed by atoms with Crippen molar-refractivity contribution in [2.24, 2.45) is 0 Å². The van der Waals surface area contributed by atoms with Crippen LogP contribution in [-0.2, 0) is 14.8 Å². The maximum absolute atomic E-state index is 13.4. The molecule has 1 amide bonds. The van der Waals surface area contributed by atoms with Gasteiger partial charge >= 0.3 is 0 Å². The van der Waals surface area contributed by atoms with Crippen molar-refractivity contribution in [2.45, 2.75) is 11.8 Å². The highest BCUT2D eigenvalue weighted by molar-refractivity contribution is 7.92. The van der Waals surface area contributed by atoms with Crippen molar-refractivity contribution in [3.05, 3.63) is 82.3 Å². The molecule has 0 unspecified atom stereocenters. The fourth-order valence-electron chi connectivity index (χ4n) is 3.06. The molecule has 0 aliphatic heterocycles. The zero-order valence-corrected chi connectivity index (χ0v) is 21.0. The van der Waals surface area contributed by atoms with E-state index in [1.165, 1.54) is 31.4 Å². The highest BCUT2D eigenvalue weighted by Crippen LogP contribution is 2.32. The fraction of sp³-hybridized carbons (Fsp3) is 0.208. The van der Waals surface area contributed by atoms with Crippen LogP contribution in [-0.4, -0.2) is 41.1 Å². The van der Waals surface area contributed by atoms with E-state index >= 15 is 0 Å². The van der Waals surface area contributed by atoms with Crippen molar-refractivity contribution in [2.75, 3.05) is 31.1 Å². The molecule has 0 radical (unpaired) electrons. The molecule has 3 rings (SSSR count). The first-order chi connectivity index (χ1) is 16.2. The van der Waals surface area contributed by atoms with Crippen LogP contribution in [0.3, 0.4) is 0 Å². The summed E-state index contributed by atoms with van der Waals surface area (Å²) in [5.41, 5.74) is 1.14. The Morgan fingerprint density at radius 3 is 2.32 bits per heavy atom. The van der Waals surface area contributed by atoms with E-state index in [0.29, 0.717) is 16.5 Å². The number of anilines is 1. The Labute approximate surface area is 209 Å². The number of carbonyl (C=O) groups is 1. The van der Waals surface area contributed by atoms with Crippen LogP contribution in [0.4, 0.5) is 5.69 Å². The van der Waals surface area contributed by atoms with Crippen LogP contribution < -0.4 is 19.1 Å². The van der Waals surface area contributed by atoms with E-state index < -0.39 is 22.5 Å². The SMILES string of the molecule is COc1ccc(N(CC(=O)NCCOc2ccccc2Cl)S(=O)(=O)c2ccc(C)cc2)cc1Cl. The van der Waals surface area contributed by atoms with Gasteiger partial charge in [0.2, 0.25) is 5.91 Å². The lowest BCUT2D eigenvalue weighted by atomic mass is 10.2. The molecule has 0 heterocycles. The summed E-state index contributed by atoms with van der Waals surface area (Å²) in [5, 5.41) is 3.35. The number of hydrogen-bond acceptors (Lipinski definition) is 5. The van der Waals surface area contributed by atoms with Crippen LogP contribution in [0.2, 0.25) is 10.0 Å². The van der Waals surface area contributed by atoms with Crippen LogP contribution in [0.15, 0.2) is 71.6 Å². The average molecular weight is 523 g/mol. The normalized spacial score (nSPS) is 11.1. The Balaban J connectivity index is 1.77. The number of nitrogens with zero attached hydrogens (tertiary/aromatic N) is 1. The highest BCUT2D eigenvalue weighted by Gasteiger charge is 2.27. The monoisotopic (exact) mass is 522 g/mol. The second kappa shape index (κ2) is 11.5. The van der Waals surface area contributed by atoms with Gasteiger partial charge in [-0.3, -0.25) is 9.10 Å². The molecule has 0 aliphatic carbocycles. The number of methoxy groups -OCH3 is 1. The predicted molar refractivity (Wildman–Crippen MR) is 134 cm³/mol. The first kappa shape index (κ1) is 25.7. The van der Waals surface area contributed by atoms with Gasteiger partial charge in [0.05, 0.1) is 34.3 Å². The second-order valence-corrected chi connectivity index (χ2v) is 9.95. The van der Waals surface area contributed by atoms with Crippen LogP contribution >= 0.6 is 23.2 Å². The van der Waals surface area contributed by atoms with Crippen LogP contribution in [0.25, 0.3) is 0 Å². The summed E-state index contributed by atoms with van der Waals surface area (Å²) in [6.45, 7) is 1.72. The third-order valence-electron chi connectivity index (χ3n) is 4.84. The number of aryl methyl sites for hydroxylation is 1. The first-order valence-corrected chi connectivity index (χ1v) is 12.5. The lowest BCUT2D eigenvalue weighted by molar-refractivity contribution is -0.119. The Kier molecular flexibility index (Phi) is 8.66. The summed E-state index contributed by atoms with van der Waals surface area (Å²) in [4.78, 5) is 12.7. The van der Waals surface area contributed by atoms with E-state index in [-0.39, 0.29) is 28.8 Å². The van der Waals surface area contributed by atoms with Gasteiger partial charge in [0.15, 0.2) is 0 Å². The van der Waals surface area contributed by atoms with Gasteiger partial charge in [0, 0.05) is 0 Å². The highest BCUT2D eigenvalue weighted by atomic mass is 35.5. The molecular weight excluding hydrogens is 499 g/mol. The van der Waals surface area contributed by atoms with E-state index in [4.69, 9.17) is 32.7 Å². The van der Waals surface area contributed by atoms with Gasteiger partial charge in [-0.05, 0) is 49.4 Å². The molecule has 3 aromatic carbocycles. The molecule has 0 aromatic heterocycles. The van der Waals surface area contributed by atoms with Gasteiger partial charge in [-0.15, -0.1) is 0 Å². The number of carbonyl (C=O) groups excluding carboxylic acids is 1. The Morgan fingerprint density at radius 2 is 1.68 bits per heavy atom. The van der Waals surface area contributed by atoms with Gasteiger partial charge < -0.3 is 14.8 Å². The lowest BCUT2D eigenvalue weighted by Crippen LogP contribution is -2.42. The van der Waals surface area contributed by atoms with Crippen molar-refractivity contribution in [1.29, 1.82) is 0 Å². The van der Waals surface area contributed by atoms with E-state index in [2.05, 4.69) is 5.32 Å². The van der Waals surface area contributed by atoms with Gasteiger partial charge in [0.25, 0.3) is 10.0 Å². The maximum atomic E-state index is 13.4. The number of ether oxygens (including phenoxy) is 2. The molecule has 0 bridgehead atoms. The lowest BCUT2D eigenvalue weighted by Gasteiger charge is -2.24. The summed E-state index contributed by atoms with van der Waals surface area (Å²) in [7, 11) is -2.60. The molecule has 7 nitrogen and oxygen atoms in total. The predicted octanol–water partition coefficient (Wildman–Crippen LogP) is 4.70. The number of para-hydroxylation sites is 1. The number of halogens is 2. The summed E-state index contributed by atoms with van der Waals surface area (Å²) in [5.74, 6) is 0.375. The van der Waals surface area contributed by atoms with Crippen LogP contribution in [0.5, 0.6) is 11.5 Å². The minimum Gasteiger partial charge on any atom is -0.495 e. The molecule has 0 saturated heterocycles. The second-order valence-electron chi connectivity index (χ2n) is 7.27. The molecule has 0 spiro atoms. The third-order valence-corrected chi connectivity index (χ3v) is 7.23. The molecule has 0 aliphatic rings. The zero-order chi connectivity index (χ0) is 24.7. The van der Waals surface area contributed by atoms with Gasteiger partial charge in [0.1, 0.15) is 24.7 Å². The zero-order valence-electron chi connectivity index (χ0n) is 18.6. The summed E-state index contributed by atoms with van der Waals surface area (Å²) >= 11 is 12.3. The minimum atomic E-state index is -4.06. The number of hydrogen-bond donors (Lipinski definition) is 1. The molecule has 10 heteroatoms. The topological polar surface area (TPSA) is 84.9 Å². The maximum Gasteiger partial charge on any atom is 0.264 e. The Bertz CT molecular complexity index is 1250. The Morgan fingerprint density at radius 1 is 0.971 bits per heavy atom. The average Bonchev–Trinajstić information content (AvgIpc) is 2.81. The van der Waals surface area contributed by atoms with Gasteiger partial charge in [-0.25, -0.2) is 8.42 Å². The smallest absolute Gasteiger partial charge is 0.264 e. The van der Waals surface area contributed by atoms with Crippen molar-refractivity contribution in [3.63, 3.8) is 0 Å². The Hall–Kier alpha value is -2.94. The minimum absolute atomic E-state index is 0.0555. The summed E-state index contributed by atoms with van der Waals surface area (Å²) in [6.07, 6.45) is 0. The van der Waals surface area contributed by atoms with Crippen molar-refractivity contribution in [1.82, 2.24) is 5.32 Å². The number of sulfonamides is 1. The molecule has 0 atom stereocenters.